The van der Waals surface area contributed by atoms with Gasteiger partial charge in [0.2, 0.25) is 6.29 Å². The van der Waals surface area contributed by atoms with Crippen LogP contribution < -0.4 is 10.2 Å². The molecule has 11 heteroatoms. The number of nitrogens with zero attached hydrogens (tertiary/aromatic N) is 1. The van der Waals surface area contributed by atoms with Gasteiger partial charge in [-0.2, -0.15) is 0 Å². The van der Waals surface area contributed by atoms with Crippen LogP contribution in [0.1, 0.15) is 55.6 Å². The highest BCUT2D eigenvalue weighted by molar-refractivity contribution is 6.28. The van der Waals surface area contributed by atoms with Gasteiger partial charge in [0.25, 0.3) is 0 Å². The second kappa shape index (κ2) is 8.10. The van der Waals surface area contributed by atoms with E-state index in [-0.39, 0.29) is 35.0 Å². The molecule has 2 saturated heterocycles. The van der Waals surface area contributed by atoms with Gasteiger partial charge in [-0.25, -0.2) is 0 Å². The zero-order chi connectivity index (χ0) is 27.5. The molecule has 4 N–H and O–H groups in total. The van der Waals surface area contributed by atoms with Gasteiger partial charge in [-0.3, -0.25) is 9.59 Å². The van der Waals surface area contributed by atoms with Gasteiger partial charge in [-0.05, 0) is 38.8 Å². The molecule has 0 radical (unpaired) electrons. The summed E-state index contributed by atoms with van der Waals surface area (Å²) in [4.78, 5) is 29.4. The van der Waals surface area contributed by atoms with Gasteiger partial charge in [0.1, 0.15) is 18.3 Å². The molecule has 0 saturated carbocycles. The third-order valence-electron chi connectivity index (χ3n) is 8.30. The van der Waals surface area contributed by atoms with Crippen molar-refractivity contribution in [2.45, 2.75) is 82.3 Å². The van der Waals surface area contributed by atoms with Crippen molar-refractivity contribution in [1.82, 2.24) is 4.90 Å². The number of rotatable bonds is 2. The van der Waals surface area contributed by atoms with E-state index in [1.54, 1.807) is 19.9 Å². The summed E-state index contributed by atoms with van der Waals surface area (Å²) < 4.78 is 22.8. The minimum absolute atomic E-state index is 0.0523. The summed E-state index contributed by atoms with van der Waals surface area (Å²) in [5, 5.41) is 44.9. The average Bonchev–Trinajstić information content (AvgIpc) is 3.25. The molecule has 1 aliphatic carbocycles. The van der Waals surface area contributed by atoms with E-state index in [1.165, 1.54) is 7.11 Å². The molecule has 1 aromatic carbocycles. The number of carbonyl (C=O) groups is 1. The summed E-state index contributed by atoms with van der Waals surface area (Å²) in [6, 6.07) is 0.785. The van der Waals surface area contributed by atoms with Gasteiger partial charge in [0.05, 0.1) is 29.5 Å². The molecule has 0 bridgehead atoms. The van der Waals surface area contributed by atoms with Crippen molar-refractivity contribution >= 4 is 11.4 Å². The van der Waals surface area contributed by atoms with Crippen molar-refractivity contribution in [3.8, 4) is 11.5 Å². The van der Waals surface area contributed by atoms with Gasteiger partial charge in [-0.1, -0.05) is 13.0 Å². The zero-order valence-electron chi connectivity index (χ0n) is 21.7. The lowest BCUT2D eigenvalue weighted by molar-refractivity contribution is -0.310. The van der Waals surface area contributed by atoms with E-state index in [2.05, 4.69) is 0 Å². The monoisotopic (exact) mass is 529 g/mol. The Bertz CT molecular complexity index is 1380. The molecule has 0 amide bonds. The van der Waals surface area contributed by atoms with Crippen LogP contribution in [0.3, 0.4) is 0 Å². The molecule has 5 aliphatic rings. The molecular formula is C27H31NO10. The number of carbonyl (C=O) groups excluding carboxylic acids is 1. The molecule has 1 unspecified atom stereocenters. The fraction of sp³-hybridized carbons (Fsp3) is 0.556. The van der Waals surface area contributed by atoms with E-state index in [0.29, 0.717) is 17.7 Å². The summed E-state index contributed by atoms with van der Waals surface area (Å²) in [5.74, 6) is -2.77. The van der Waals surface area contributed by atoms with Gasteiger partial charge < -0.3 is 44.3 Å². The maximum absolute atomic E-state index is 13.9. The molecule has 1 aromatic rings. The molecule has 2 fully saturated rings. The summed E-state index contributed by atoms with van der Waals surface area (Å²) in [6.45, 7) is 7.10. The molecule has 11 nitrogen and oxygen atoms in total. The Balaban J connectivity index is 1.58. The highest BCUT2D eigenvalue weighted by Crippen LogP contribution is 2.55. The molecule has 204 valence electrons. The van der Waals surface area contributed by atoms with Gasteiger partial charge >= 0.3 is 0 Å². The first-order valence-corrected chi connectivity index (χ1v) is 12.7. The number of fused-ring (bicyclic) bond motifs is 7. The van der Waals surface area contributed by atoms with Crippen molar-refractivity contribution in [3.63, 3.8) is 0 Å². The van der Waals surface area contributed by atoms with Crippen LogP contribution in [0.2, 0.25) is 0 Å². The summed E-state index contributed by atoms with van der Waals surface area (Å²) in [7, 11) is 1.34. The number of hydrogen-bond acceptors (Lipinski definition) is 11. The number of hydrogen-bond donors (Lipinski definition) is 4. The van der Waals surface area contributed by atoms with Crippen molar-refractivity contribution in [2.75, 3.05) is 13.7 Å². The second-order valence-corrected chi connectivity index (χ2v) is 10.8. The van der Waals surface area contributed by atoms with Crippen LogP contribution in [0.25, 0.3) is 5.57 Å². The minimum atomic E-state index is -2.34. The largest absolute Gasteiger partial charge is 0.504 e. The Labute approximate surface area is 218 Å². The Morgan fingerprint density at radius 2 is 1.95 bits per heavy atom. The predicted octanol–water partition coefficient (Wildman–Crippen LogP) is 0.508. The first kappa shape index (κ1) is 25.5. The Hall–Kier alpha value is -2.80. The molecule has 6 rings (SSSR count). The van der Waals surface area contributed by atoms with Crippen LogP contribution in [-0.2, 0) is 19.8 Å². The summed E-state index contributed by atoms with van der Waals surface area (Å²) >= 11 is 0. The molecule has 4 heterocycles. The second-order valence-electron chi connectivity index (χ2n) is 10.8. The van der Waals surface area contributed by atoms with E-state index in [4.69, 9.17) is 18.9 Å². The molecule has 0 spiro atoms. The van der Waals surface area contributed by atoms with E-state index < -0.39 is 64.6 Å². The van der Waals surface area contributed by atoms with Crippen molar-refractivity contribution < 1.29 is 44.2 Å². The summed E-state index contributed by atoms with van der Waals surface area (Å²) in [5.41, 5.74) is -2.20. The third-order valence-corrected chi connectivity index (χ3v) is 8.30. The first-order valence-electron chi connectivity index (χ1n) is 12.7. The lowest BCUT2D eigenvalue weighted by Gasteiger charge is -2.48. The Morgan fingerprint density at radius 1 is 1.24 bits per heavy atom. The normalized spacial score (nSPS) is 39.1. The van der Waals surface area contributed by atoms with Crippen LogP contribution >= 0.6 is 0 Å². The number of aliphatic hydroxyl groups is 3. The number of Topliss-reactive ketones (excluding diaryl/α,β-unsaturated/α-hetero) is 1. The standard InChI is InChI=1S/C27H31NO10/c1-6-15-19-17-12(7-10(2)28(19)9-26(4,33)38-15)16-13(20(17)30)8-14(29)18-23(21(16)31)37-25-27(18,34)24(32)22(35-5)11(3)36-25/h7-8,10-11,15,22,24-25,31-34H,6,9H2,1-5H3/t10?,11-,15-,22-,24-,25+,26-,27-/m1/s1. The fourth-order valence-corrected chi connectivity index (χ4v) is 6.59. The Morgan fingerprint density at radius 3 is 2.61 bits per heavy atom. The van der Waals surface area contributed by atoms with E-state index in [9.17, 15) is 30.0 Å². The first-order chi connectivity index (χ1) is 17.9. The van der Waals surface area contributed by atoms with Crippen molar-refractivity contribution in [2.24, 2.45) is 0 Å². The number of morpholine rings is 1. The van der Waals surface area contributed by atoms with E-state index in [1.807, 2.05) is 18.7 Å². The topological polar surface area (TPSA) is 155 Å². The molecule has 4 aliphatic heterocycles. The van der Waals surface area contributed by atoms with Crippen LogP contribution in [0.15, 0.2) is 28.2 Å². The lowest BCUT2D eigenvalue weighted by Crippen LogP contribution is -2.63. The van der Waals surface area contributed by atoms with E-state index in [0.717, 1.165) is 6.07 Å². The minimum Gasteiger partial charge on any atom is -0.504 e. The van der Waals surface area contributed by atoms with Crippen LogP contribution in [0.4, 0.5) is 0 Å². The Kier molecular flexibility index (Phi) is 5.43. The number of allylic oxidation sites excluding steroid dienone is 2. The van der Waals surface area contributed by atoms with Crippen LogP contribution in [0.5, 0.6) is 11.5 Å². The maximum atomic E-state index is 13.9. The number of ether oxygens (including phenoxy) is 4. The maximum Gasteiger partial charge on any atom is 0.236 e. The number of aromatic hydroxyl groups is 1. The lowest BCUT2D eigenvalue weighted by atomic mass is 9.82. The zero-order valence-corrected chi connectivity index (χ0v) is 21.7. The molecule has 0 aromatic heterocycles. The predicted molar refractivity (Wildman–Crippen MR) is 131 cm³/mol. The smallest absolute Gasteiger partial charge is 0.236 e. The van der Waals surface area contributed by atoms with Gasteiger partial charge in [0, 0.05) is 24.3 Å². The average molecular weight is 530 g/mol. The van der Waals surface area contributed by atoms with Gasteiger partial charge in [0.15, 0.2) is 34.1 Å². The highest BCUT2D eigenvalue weighted by atomic mass is 16.7. The van der Waals surface area contributed by atoms with Crippen LogP contribution in [-0.4, -0.2) is 87.3 Å². The number of ketones is 1. The quantitative estimate of drug-likeness (QED) is 0.423. The number of methoxy groups -OCH3 is 1. The third kappa shape index (κ3) is 3.11. The molecule has 8 atom stereocenters. The van der Waals surface area contributed by atoms with Gasteiger partial charge in [-0.15, -0.1) is 0 Å². The highest BCUT2D eigenvalue weighted by Gasteiger charge is 2.63. The van der Waals surface area contributed by atoms with Crippen molar-refractivity contribution in [1.29, 1.82) is 0 Å². The van der Waals surface area contributed by atoms with E-state index >= 15 is 0 Å². The SMILES string of the molecule is CC[C@H]1O[C@@](C)(O)CN2C1=C1C(=O)c3cc(=O)c4c(c(O)c3C1=CC2C)O[C@@H]1O[C@H](C)[C@@H](OC)[C@@H](O)[C@]41O. The number of aliphatic hydroxyl groups excluding tert-OH is 1. The van der Waals surface area contributed by atoms with Crippen LogP contribution in [0, 0.1) is 0 Å². The fourth-order valence-electron chi connectivity index (χ4n) is 6.59. The summed E-state index contributed by atoms with van der Waals surface area (Å²) in [6.07, 6.45) is -3.09. The van der Waals surface area contributed by atoms with Crippen molar-refractivity contribution in [3.05, 3.63) is 50.3 Å². The molecule has 38 heavy (non-hydrogen) atoms. The molecular weight excluding hydrogens is 498 g/mol.